The molecule has 4 N–H and O–H groups in total. The molecule has 0 aliphatic carbocycles. The van der Waals surface area contributed by atoms with Crippen LogP contribution in [0, 0.1) is 6.92 Å². The normalized spacial score (nSPS) is 16.5. The van der Waals surface area contributed by atoms with E-state index in [0.29, 0.717) is 22.7 Å². The molecule has 0 saturated heterocycles. The Hall–Kier alpha value is -2.33. The van der Waals surface area contributed by atoms with E-state index >= 15 is 0 Å². The number of benzene rings is 2. The van der Waals surface area contributed by atoms with Gasteiger partial charge in [-0.25, -0.2) is 5.48 Å². The highest BCUT2D eigenvalue weighted by molar-refractivity contribution is 7.86. The first-order valence-corrected chi connectivity index (χ1v) is 9.35. The van der Waals surface area contributed by atoms with Crippen molar-refractivity contribution >= 4 is 15.8 Å². The number of hydrogen-bond acceptors (Lipinski definition) is 8. The first-order valence-electron chi connectivity index (χ1n) is 7.94. The lowest BCUT2D eigenvalue weighted by Gasteiger charge is -2.28. The fourth-order valence-electron chi connectivity index (χ4n) is 2.53. The van der Waals surface area contributed by atoms with E-state index in [2.05, 4.69) is 0 Å². The molecule has 0 spiro atoms. The summed E-state index contributed by atoms with van der Waals surface area (Å²) in [6, 6.07) is 9.68. The molecule has 0 saturated carbocycles. The maximum absolute atomic E-state index is 12.3. The zero-order valence-electron chi connectivity index (χ0n) is 14.1. The summed E-state index contributed by atoms with van der Waals surface area (Å²) in [5.74, 6) is 0.834. The molecule has 26 heavy (non-hydrogen) atoms. The third-order valence-electron chi connectivity index (χ3n) is 3.94. The Balaban J connectivity index is 1.71. The molecule has 8 nitrogen and oxygen atoms in total. The van der Waals surface area contributed by atoms with Crippen molar-refractivity contribution < 1.29 is 27.3 Å². The number of hydroxylamine groups is 1. The number of ether oxygens (including phenoxy) is 2. The van der Waals surface area contributed by atoms with Crippen molar-refractivity contribution in [1.82, 2.24) is 5.48 Å². The summed E-state index contributed by atoms with van der Waals surface area (Å²) in [6.07, 6.45) is -0.637. The Kier molecular flexibility index (Phi) is 5.33. The Morgan fingerprint density at radius 2 is 2.00 bits per heavy atom. The van der Waals surface area contributed by atoms with Crippen molar-refractivity contribution in [3.8, 4) is 11.5 Å². The van der Waals surface area contributed by atoms with E-state index in [1.807, 2.05) is 12.4 Å². The van der Waals surface area contributed by atoms with Crippen LogP contribution in [0.4, 0.5) is 5.69 Å². The minimum absolute atomic E-state index is 0.0631. The molecule has 1 aliphatic heterocycles. The maximum Gasteiger partial charge on any atom is 0.297 e. The predicted octanol–water partition coefficient (Wildman–Crippen LogP) is 1.60. The van der Waals surface area contributed by atoms with Crippen LogP contribution in [0.3, 0.4) is 0 Å². The highest BCUT2D eigenvalue weighted by atomic mass is 32.2. The topological polar surface area (TPSA) is 120 Å². The standard InChI is InChI=1S/C17H20N2O6S/c1-11-2-4-13(5-3-11)26(21,22)24-10-12-9-23-16-7-6-15(18)14(8-19-20)17(16)25-12/h2-7,12,19-20H,8-10,18H2,1H3. The molecule has 140 valence electrons. The van der Waals surface area contributed by atoms with E-state index in [4.69, 9.17) is 24.6 Å². The first kappa shape index (κ1) is 18.5. The fourth-order valence-corrected chi connectivity index (χ4v) is 3.47. The van der Waals surface area contributed by atoms with Crippen LogP contribution in [0.25, 0.3) is 0 Å². The van der Waals surface area contributed by atoms with Gasteiger partial charge in [0.1, 0.15) is 13.2 Å². The van der Waals surface area contributed by atoms with Gasteiger partial charge in [-0.1, -0.05) is 17.7 Å². The molecule has 0 amide bonds. The van der Waals surface area contributed by atoms with Gasteiger partial charge in [0, 0.05) is 11.3 Å². The number of nitrogens with two attached hydrogens (primary N) is 1. The quantitative estimate of drug-likeness (QED) is 0.393. The lowest BCUT2D eigenvalue weighted by atomic mass is 10.1. The first-order chi connectivity index (χ1) is 12.4. The molecular formula is C17H20N2O6S. The van der Waals surface area contributed by atoms with Crippen LogP contribution in [0.5, 0.6) is 11.5 Å². The van der Waals surface area contributed by atoms with Crippen LogP contribution in [-0.2, 0) is 20.8 Å². The molecule has 2 aromatic rings. The van der Waals surface area contributed by atoms with Crippen LogP contribution in [-0.4, -0.2) is 32.9 Å². The van der Waals surface area contributed by atoms with E-state index in [1.165, 1.54) is 12.1 Å². The second-order valence-electron chi connectivity index (χ2n) is 5.90. The zero-order chi connectivity index (χ0) is 18.7. The average molecular weight is 380 g/mol. The Morgan fingerprint density at radius 3 is 2.69 bits per heavy atom. The van der Waals surface area contributed by atoms with E-state index in [9.17, 15) is 8.42 Å². The lowest BCUT2D eigenvalue weighted by Crippen LogP contribution is -2.35. The molecule has 1 atom stereocenters. The van der Waals surface area contributed by atoms with E-state index in [1.54, 1.807) is 24.3 Å². The average Bonchev–Trinajstić information content (AvgIpc) is 2.63. The van der Waals surface area contributed by atoms with Gasteiger partial charge in [-0.3, -0.25) is 4.18 Å². The number of nitrogens with one attached hydrogen (secondary N) is 1. The van der Waals surface area contributed by atoms with Crippen LogP contribution in [0.15, 0.2) is 41.3 Å². The van der Waals surface area contributed by atoms with Gasteiger partial charge in [0.25, 0.3) is 10.1 Å². The lowest BCUT2D eigenvalue weighted by molar-refractivity contribution is 0.0535. The van der Waals surface area contributed by atoms with Gasteiger partial charge in [-0.2, -0.15) is 8.42 Å². The second-order valence-corrected chi connectivity index (χ2v) is 7.51. The van der Waals surface area contributed by atoms with Crippen molar-refractivity contribution in [2.24, 2.45) is 0 Å². The largest absolute Gasteiger partial charge is 0.486 e. The number of aryl methyl sites for hydroxylation is 1. The van der Waals surface area contributed by atoms with Gasteiger partial charge >= 0.3 is 0 Å². The summed E-state index contributed by atoms with van der Waals surface area (Å²) in [4.78, 5) is 0.0784. The number of anilines is 1. The van der Waals surface area contributed by atoms with Gasteiger partial charge in [-0.05, 0) is 31.2 Å². The van der Waals surface area contributed by atoms with Crippen molar-refractivity contribution in [1.29, 1.82) is 0 Å². The van der Waals surface area contributed by atoms with Gasteiger partial charge in [-0.15, -0.1) is 0 Å². The summed E-state index contributed by atoms with van der Waals surface area (Å²) >= 11 is 0. The van der Waals surface area contributed by atoms with E-state index < -0.39 is 16.2 Å². The fraction of sp³-hybridized carbons (Fsp3) is 0.294. The summed E-state index contributed by atoms with van der Waals surface area (Å²) < 4.78 is 41.1. The molecule has 1 unspecified atom stereocenters. The van der Waals surface area contributed by atoms with E-state index in [-0.39, 0.29) is 24.7 Å². The van der Waals surface area contributed by atoms with Gasteiger partial charge < -0.3 is 20.4 Å². The summed E-state index contributed by atoms with van der Waals surface area (Å²) in [7, 11) is -3.89. The van der Waals surface area contributed by atoms with Crippen LogP contribution < -0.4 is 20.7 Å². The molecule has 0 aromatic heterocycles. The molecule has 9 heteroatoms. The highest BCUT2D eigenvalue weighted by Gasteiger charge is 2.27. The Morgan fingerprint density at radius 1 is 1.27 bits per heavy atom. The monoisotopic (exact) mass is 380 g/mol. The summed E-state index contributed by atoms with van der Waals surface area (Å²) in [5, 5.41) is 8.96. The summed E-state index contributed by atoms with van der Waals surface area (Å²) in [5.41, 5.74) is 9.82. The maximum atomic E-state index is 12.3. The molecule has 0 fully saturated rings. The molecule has 0 radical (unpaired) electrons. The molecule has 0 bridgehead atoms. The van der Waals surface area contributed by atoms with Gasteiger partial charge in [0.05, 0.1) is 11.4 Å². The molecule has 3 rings (SSSR count). The number of nitrogen functional groups attached to an aromatic ring is 1. The van der Waals surface area contributed by atoms with Crippen molar-refractivity contribution in [2.75, 3.05) is 18.9 Å². The second kappa shape index (κ2) is 7.50. The van der Waals surface area contributed by atoms with E-state index in [0.717, 1.165) is 5.56 Å². The highest BCUT2D eigenvalue weighted by Crippen LogP contribution is 2.38. The van der Waals surface area contributed by atoms with Crippen LogP contribution in [0.2, 0.25) is 0 Å². The van der Waals surface area contributed by atoms with Crippen molar-refractivity contribution in [2.45, 2.75) is 24.5 Å². The van der Waals surface area contributed by atoms with Crippen LogP contribution >= 0.6 is 0 Å². The Labute approximate surface area is 151 Å². The third kappa shape index (κ3) is 3.91. The minimum Gasteiger partial charge on any atom is -0.486 e. The van der Waals surface area contributed by atoms with Crippen molar-refractivity contribution in [3.05, 3.63) is 47.5 Å². The molecule has 1 heterocycles. The van der Waals surface area contributed by atoms with Crippen molar-refractivity contribution in [3.63, 3.8) is 0 Å². The predicted molar refractivity (Wildman–Crippen MR) is 93.7 cm³/mol. The number of rotatable bonds is 6. The zero-order valence-corrected chi connectivity index (χ0v) is 15.0. The molecule has 2 aromatic carbocycles. The number of hydrogen-bond donors (Lipinski definition) is 3. The number of fused-ring (bicyclic) bond motifs is 1. The minimum atomic E-state index is -3.89. The summed E-state index contributed by atoms with van der Waals surface area (Å²) in [6.45, 7) is 1.85. The van der Waals surface area contributed by atoms with Gasteiger partial charge in [0.2, 0.25) is 0 Å². The molecular weight excluding hydrogens is 360 g/mol. The SMILES string of the molecule is Cc1ccc(S(=O)(=O)OCC2COc3ccc(N)c(CNO)c3O2)cc1. The molecule has 1 aliphatic rings. The smallest absolute Gasteiger partial charge is 0.297 e. The third-order valence-corrected chi connectivity index (χ3v) is 5.24. The Bertz CT molecular complexity index is 883. The van der Waals surface area contributed by atoms with Crippen LogP contribution in [0.1, 0.15) is 11.1 Å². The van der Waals surface area contributed by atoms with Gasteiger partial charge in [0.15, 0.2) is 17.6 Å².